The maximum atomic E-state index is 11.5. The molecule has 2 heterocycles. The zero-order valence-corrected chi connectivity index (χ0v) is 15.4. The maximum Gasteiger partial charge on any atom is 0.413 e. The lowest BCUT2D eigenvalue weighted by Gasteiger charge is -2.32. The Morgan fingerprint density at radius 3 is 2.67 bits per heavy atom. The van der Waals surface area contributed by atoms with Crippen molar-refractivity contribution in [1.29, 1.82) is 0 Å². The van der Waals surface area contributed by atoms with Gasteiger partial charge in [-0.05, 0) is 32.8 Å². The minimum absolute atomic E-state index is 0.342. The summed E-state index contributed by atoms with van der Waals surface area (Å²) in [6.07, 6.45) is 0.502. The Balaban J connectivity index is 2.13. The van der Waals surface area contributed by atoms with E-state index in [4.69, 9.17) is 4.74 Å². The number of amides is 1. The minimum Gasteiger partial charge on any atom is -0.486 e. The molecule has 0 aliphatic heterocycles. The molecule has 7 heteroatoms. The number of rotatable bonds is 5. The van der Waals surface area contributed by atoms with Gasteiger partial charge in [-0.1, -0.05) is 13.8 Å². The largest absolute Gasteiger partial charge is 0.486 e. The van der Waals surface area contributed by atoms with Gasteiger partial charge in [0.15, 0.2) is 0 Å². The molecule has 0 bridgehead atoms. The van der Waals surface area contributed by atoms with Gasteiger partial charge in [-0.25, -0.2) is 14.8 Å². The van der Waals surface area contributed by atoms with Crippen LogP contribution < -0.4 is 9.64 Å². The highest BCUT2D eigenvalue weighted by Crippen LogP contribution is 2.26. The van der Waals surface area contributed by atoms with Crippen LogP contribution in [0.3, 0.4) is 0 Å². The van der Waals surface area contributed by atoms with Crippen LogP contribution in [-0.4, -0.2) is 26.7 Å². The van der Waals surface area contributed by atoms with Gasteiger partial charge in [0.2, 0.25) is 0 Å². The number of anilines is 1. The van der Waals surface area contributed by atoms with Gasteiger partial charge in [0, 0.05) is 23.2 Å². The van der Waals surface area contributed by atoms with E-state index >= 15 is 0 Å². The molecule has 0 aliphatic rings. The standard InChI is InChI=1S/C17H23N3O3S/c1-11(2)13-10-24-15(19-13)9-23-12-6-7-18-14(8-12)20(16(21)22)17(3,4)5/h6-8,10-11H,9H2,1-5H3,(H,21,22). The summed E-state index contributed by atoms with van der Waals surface area (Å²) in [6.45, 7) is 10.0. The molecule has 0 saturated heterocycles. The molecule has 0 radical (unpaired) electrons. The van der Waals surface area contributed by atoms with Crippen molar-refractivity contribution >= 4 is 23.2 Å². The number of thiazole rings is 1. The van der Waals surface area contributed by atoms with E-state index in [9.17, 15) is 9.90 Å². The smallest absolute Gasteiger partial charge is 0.413 e. The van der Waals surface area contributed by atoms with Crippen LogP contribution in [0.1, 0.15) is 51.2 Å². The molecular formula is C17H23N3O3S. The first kappa shape index (κ1) is 18.2. The molecule has 0 aromatic carbocycles. The monoisotopic (exact) mass is 349 g/mol. The summed E-state index contributed by atoms with van der Waals surface area (Å²) < 4.78 is 5.76. The van der Waals surface area contributed by atoms with E-state index < -0.39 is 11.6 Å². The predicted octanol–water partition coefficient (Wildman–Crippen LogP) is 4.52. The molecular weight excluding hydrogens is 326 g/mol. The molecule has 0 atom stereocenters. The van der Waals surface area contributed by atoms with Crippen molar-refractivity contribution in [2.45, 2.75) is 52.7 Å². The summed E-state index contributed by atoms with van der Waals surface area (Å²) in [6, 6.07) is 3.35. The van der Waals surface area contributed by atoms with Gasteiger partial charge in [0.25, 0.3) is 0 Å². The number of carboxylic acid groups (broad SMARTS) is 1. The molecule has 2 aromatic heterocycles. The summed E-state index contributed by atoms with van der Waals surface area (Å²) in [4.78, 5) is 21.4. The fraction of sp³-hybridized carbons (Fsp3) is 0.471. The van der Waals surface area contributed by atoms with E-state index in [-0.39, 0.29) is 0 Å². The Hall–Kier alpha value is -2.15. The van der Waals surface area contributed by atoms with Crippen molar-refractivity contribution in [2.75, 3.05) is 4.90 Å². The second-order valence-corrected chi connectivity index (χ2v) is 7.69. The fourth-order valence-corrected chi connectivity index (χ4v) is 3.01. The molecule has 0 unspecified atom stereocenters. The van der Waals surface area contributed by atoms with Crippen LogP contribution in [0.15, 0.2) is 23.7 Å². The van der Waals surface area contributed by atoms with Crippen molar-refractivity contribution in [2.24, 2.45) is 0 Å². The number of pyridine rings is 1. The van der Waals surface area contributed by atoms with Crippen molar-refractivity contribution in [3.63, 3.8) is 0 Å². The zero-order chi connectivity index (χ0) is 17.9. The second-order valence-electron chi connectivity index (χ2n) is 6.75. The number of hydrogen-bond donors (Lipinski definition) is 1. The molecule has 130 valence electrons. The van der Waals surface area contributed by atoms with Crippen LogP contribution in [0.5, 0.6) is 5.75 Å². The lowest BCUT2D eigenvalue weighted by Crippen LogP contribution is -2.45. The van der Waals surface area contributed by atoms with Crippen LogP contribution in [0.25, 0.3) is 0 Å². The molecule has 0 aliphatic carbocycles. The summed E-state index contributed by atoms with van der Waals surface area (Å²) in [7, 11) is 0. The third-order valence-corrected chi connectivity index (χ3v) is 4.17. The second kappa shape index (κ2) is 7.17. The summed E-state index contributed by atoms with van der Waals surface area (Å²) in [5.74, 6) is 1.30. The molecule has 6 nitrogen and oxygen atoms in total. The molecule has 0 saturated carbocycles. The molecule has 2 rings (SSSR count). The number of hydrogen-bond acceptors (Lipinski definition) is 5. The first-order valence-corrected chi connectivity index (χ1v) is 8.62. The third kappa shape index (κ3) is 4.44. The van der Waals surface area contributed by atoms with Gasteiger partial charge in [0.05, 0.1) is 5.69 Å². The molecule has 2 aromatic rings. The zero-order valence-electron chi connectivity index (χ0n) is 14.6. The van der Waals surface area contributed by atoms with Crippen LogP contribution in [0.2, 0.25) is 0 Å². The van der Waals surface area contributed by atoms with Gasteiger partial charge >= 0.3 is 6.09 Å². The predicted molar refractivity (Wildman–Crippen MR) is 95.0 cm³/mol. The summed E-state index contributed by atoms with van der Waals surface area (Å²) in [5, 5.41) is 12.4. The Labute approximate surface area is 146 Å². The van der Waals surface area contributed by atoms with E-state index in [1.54, 1.807) is 29.7 Å². The first-order chi connectivity index (χ1) is 11.2. The van der Waals surface area contributed by atoms with Crippen molar-refractivity contribution in [1.82, 2.24) is 9.97 Å². The number of ether oxygens (including phenoxy) is 1. The average Bonchev–Trinajstić information content (AvgIpc) is 2.92. The van der Waals surface area contributed by atoms with Crippen molar-refractivity contribution < 1.29 is 14.6 Å². The van der Waals surface area contributed by atoms with Gasteiger partial charge < -0.3 is 9.84 Å². The molecule has 0 spiro atoms. The highest BCUT2D eigenvalue weighted by atomic mass is 32.1. The van der Waals surface area contributed by atoms with Crippen LogP contribution >= 0.6 is 11.3 Å². The molecule has 1 N–H and O–H groups in total. The molecule has 24 heavy (non-hydrogen) atoms. The van der Waals surface area contributed by atoms with Crippen molar-refractivity contribution in [3.05, 3.63) is 34.4 Å². The SMILES string of the molecule is CC(C)c1csc(COc2ccnc(N(C(=O)O)C(C)(C)C)c2)n1. The van der Waals surface area contributed by atoms with E-state index in [1.165, 1.54) is 4.90 Å². The van der Waals surface area contributed by atoms with Crippen molar-refractivity contribution in [3.8, 4) is 5.75 Å². The van der Waals surface area contributed by atoms with Crippen LogP contribution in [0.4, 0.5) is 10.6 Å². The van der Waals surface area contributed by atoms with Gasteiger partial charge in [-0.2, -0.15) is 0 Å². The highest BCUT2D eigenvalue weighted by molar-refractivity contribution is 7.09. The van der Waals surface area contributed by atoms with E-state index in [1.807, 2.05) is 26.2 Å². The third-order valence-electron chi connectivity index (χ3n) is 3.33. The normalized spacial score (nSPS) is 11.6. The summed E-state index contributed by atoms with van der Waals surface area (Å²) in [5.41, 5.74) is 0.456. The summed E-state index contributed by atoms with van der Waals surface area (Å²) >= 11 is 1.56. The Morgan fingerprint density at radius 1 is 1.42 bits per heavy atom. The van der Waals surface area contributed by atoms with Crippen LogP contribution in [-0.2, 0) is 6.61 Å². The Kier molecular flexibility index (Phi) is 5.43. The number of aromatic nitrogens is 2. The fourth-order valence-electron chi connectivity index (χ4n) is 2.14. The molecule has 0 fully saturated rings. The average molecular weight is 349 g/mol. The van der Waals surface area contributed by atoms with Gasteiger partial charge in [-0.3, -0.25) is 4.90 Å². The number of carbonyl (C=O) groups is 1. The van der Waals surface area contributed by atoms with E-state index in [0.29, 0.717) is 24.1 Å². The van der Waals surface area contributed by atoms with E-state index in [0.717, 1.165) is 10.7 Å². The topological polar surface area (TPSA) is 75.5 Å². The Morgan fingerprint density at radius 2 is 2.12 bits per heavy atom. The molecule has 1 amide bonds. The van der Waals surface area contributed by atoms with Crippen LogP contribution in [0, 0.1) is 0 Å². The number of nitrogens with zero attached hydrogens (tertiary/aromatic N) is 3. The van der Waals surface area contributed by atoms with E-state index in [2.05, 4.69) is 23.8 Å². The Bertz CT molecular complexity index is 707. The van der Waals surface area contributed by atoms with Gasteiger partial charge in [0.1, 0.15) is 23.2 Å². The lowest BCUT2D eigenvalue weighted by atomic mass is 10.1. The maximum absolute atomic E-state index is 11.5. The van der Waals surface area contributed by atoms with Gasteiger partial charge in [-0.15, -0.1) is 11.3 Å². The minimum atomic E-state index is -1.05. The quantitative estimate of drug-likeness (QED) is 0.858. The lowest BCUT2D eigenvalue weighted by molar-refractivity contribution is 0.195. The first-order valence-electron chi connectivity index (χ1n) is 7.75. The highest BCUT2D eigenvalue weighted by Gasteiger charge is 2.29.